The Kier molecular flexibility index (Phi) is 3.61. The molecule has 3 N–H and O–H groups in total. The Hall–Kier alpha value is -0.770. The summed E-state index contributed by atoms with van der Waals surface area (Å²) in [6, 6.07) is 2.43. The molecule has 0 saturated heterocycles. The van der Waals surface area contributed by atoms with Crippen molar-refractivity contribution in [3.8, 4) is 0 Å². The predicted molar refractivity (Wildman–Crippen MR) is 76.0 cm³/mol. The number of hydrogen-bond donors (Lipinski definition) is 2. The Balaban J connectivity index is 1.98. The molecule has 0 atom stereocenters. The smallest absolute Gasteiger partial charge is 0.140 e. The summed E-state index contributed by atoms with van der Waals surface area (Å²) in [6.45, 7) is 4.70. The predicted octanol–water partition coefficient (Wildman–Crippen LogP) is 3.81. The zero-order chi connectivity index (χ0) is 12.5. The highest BCUT2D eigenvalue weighted by Crippen LogP contribution is 2.36. The molecular weight excluding hydrogens is 278 g/mol. The van der Waals surface area contributed by atoms with Crippen molar-refractivity contribution >= 4 is 27.4 Å². The summed E-state index contributed by atoms with van der Waals surface area (Å²) >= 11 is 3.49. The summed E-state index contributed by atoms with van der Waals surface area (Å²) in [5.74, 6) is 0.906. The molecule has 0 unspecified atom stereocenters. The summed E-state index contributed by atoms with van der Waals surface area (Å²) in [6.07, 6.45) is 6.67. The summed E-state index contributed by atoms with van der Waals surface area (Å²) in [4.78, 5) is 4.33. The zero-order valence-corrected chi connectivity index (χ0v) is 12.0. The van der Waals surface area contributed by atoms with Crippen LogP contribution in [0, 0.1) is 5.41 Å². The van der Waals surface area contributed by atoms with Crippen LogP contribution >= 0.6 is 15.9 Å². The van der Waals surface area contributed by atoms with Gasteiger partial charge in [0.25, 0.3) is 0 Å². The van der Waals surface area contributed by atoms with Gasteiger partial charge in [0.05, 0.1) is 16.4 Å². The second kappa shape index (κ2) is 4.84. The van der Waals surface area contributed by atoms with E-state index in [0.29, 0.717) is 17.1 Å². The van der Waals surface area contributed by atoms with Gasteiger partial charge in [-0.05, 0) is 53.1 Å². The van der Waals surface area contributed by atoms with Crippen molar-refractivity contribution < 1.29 is 0 Å². The lowest BCUT2D eigenvalue weighted by Crippen LogP contribution is -2.30. The number of anilines is 2. The first kappa shape index (κ1) is 12.7. The maximum absolute atomic E-state index is 5.68. The number of nitrogens with two attached hydrogens (primary N) is 1. The van der Waals surface area contributed by atoms with Gasteiger partial charge in [0.2, 0.25) is 0 Å². The van der Waals surface area contributed by atoms with Gasteiger partial charge in [0.1, 0.15) is 5.82 Å². The van der Waals surface area contributed by atoms with Crippen LogP contribution in [0.25, 0.3) is 0 Å². The standard InChI is InChI=1S/C13H20BrN3/c1-13(2)5-3-10(4-6-13)17-12-11(14)7-9(15)8-16-12/h7-8,10H,3-6,15H2,1-2H3,(H,16,17). The van der Waals surface area contributed by atoms with Crippen LogP contribution in [0.4, 0.5) is 11.5 Å². The van der Waals surface area contributed by atoms with Crippen LogP contribution in [0.5, 0.6) is 0 Å². The van der Waals surface area contributed by atoms with Crippen molar-refractivity contribution in [1.82, 2.24) is 4.98 Å². The lowest BCUT2D eigenvalue weighted by atomic mass is 9.75. The second-order valence-electron chi connectivity index (χ2n) is 5.68. The molecule has 0 spiro atoms. The third kappa shape index (κ3) is 3.35. The molecule has 1 aliphatic rings. The summed E-state index contributed by atoms with van der Waals surface area (Å²) < 4.78 is 0.947. The fourth-order valence-corrected chi connectivity index (χ4v) is 2.78. The van der Waals surface area contributed by atoms with Crippen LogP contribution in [-0.2, 0) is 0 Å². The van der Waals surface area contributed by atoms with Crippen LogP contribution in [0.3, 0.4) is 0 Å². The average Bonchev–Trinajstić information content (AvgIpc) is 2.25. The largest absolute Gasteiger partial charge is 0.397 e. The Bertz CT molecular complexity index is 394. The van der Waals surface area contributed by atoms with Gasteiger partial charge in [-0.3, -0.25) is 0 Å². The Morgan fingerprint density at radius 3 is 2.65 bits per heavy atom. The van der Waals surface area contributed by atoms with E-state index in [0.717, 1.165) is 10.3 Å². The summed E-state index contributed by atoms with van der Waals surface area (Å²) in [7, 11) is 0. The van der Waals surface area contributed by atoms with Gasteiger partial charge >= 0.3 is 0 Å². The minimum atomic E-state index is 0.504. The van der Waals surface area contributed by atoms with E-state index in [2.05, 4.69) is 40.1 Å². The number of nitrogens with zero attached hydrogens (tertiary/aromatic N) is 1. The van der Waals surface area contributed by atoms with Crippen molar-refractivity contribution in [2.75, 3.05) is 11.1 Å². The topological polar surface area (TPSA) is 50.9 Å². The monoisotopic (exact) mass is 297 g/mol. The van der Waals surface area contributed by atoms with Crippen molar-refractivity contribution in [2.45, 2.75) is 45.6 Å². The highest BCUT2D eigenvalue weighted by Gasteiger charge is 2.27. The van der Waals surface area contributed by atoms with Gasteiger partial charge in [-0.25, -0.2) is 4.98 Å². The van der Waals surface area contributed by atoms with Crippen molar-refractivity contribution in [2.24, 2.45) is 5.41 Å². The summed E-state index contributed by atoms with van der Waals surface area (Å²) in [5, 5.41) is 3.50. The van der Waals surface area contributed by atoms with E-state index in [1.807, 2.05) is 6.07 Å². The molecule has 1 heterocycles. The molecule has 0 radical (unpaired) electrons. The van der Waals surface area contributed by atoms with E-state index in [4.69, 9.17) is 5.73 Å². The van der Waals surface area contributed by atoms with Gasteiger partial charge in [0, 0.05) is 6.04 Å². The van der Waals surface area contributed by atoms with Gasteiger partial charge < -0.3 is 11.1 Å². The number of rotatable bonds is 2. The first-order chi connectivity index (χ1) is 7.96. The van der Waals surface area contributed by atoms with Gasteiger partial charge in [-0.1, -0.05) is 13.8 Å². The number of nitrogens with one attached hydrogen (secondary N) is 1. The van der Waals surface area contributed by atoms with E-state index >= 15 is 0 Å². The molecule has 1 aliphatic carbocycles. The maximum Gasteiger partial charge on any atom is 0.140 e. The Labute approximate surface area is 111 Å². The first-order valence-electron chi connectivity index (χ1n) is 6.14. The zero-order valence-electron chi connectivity index (χ0n) is 10.5. The van der Waals surface area contributed by atoms with E-state index in [9.17, 15) is 0 Å². The third-order valence-electron chi connectivity index (χ3n) is 3.54. The highest BCUT2D eigenvalue weighted by molar-refractivity contribution is 9.10. The second-order valence-corrected chi connectivity index (χ2v) is 6.54. The number of aromatic nitrogens is 1. The SMILES string of the molecule is CC1(C)CCC(Nc2ncc(N)cc2Br)CC1. The highest BCUT2D eigenvalue weighted by atomic mass is 79.9. The van der Waals surface area contributed by atoms with Crippen LogP contribution in [-0.4, -0.2) is 11.0 Å². The molecule has 3 nitrogen and oxygen atoms in total. The third-order valence-corrected chi connectivity index (χ3v) is 4.15. The molecule has 1 saturated carbocycles. The molecule has 1 aromatic rings. The van der Waals surface area contributed by atoms with E-state index in [1.165, 1.54) is 25.7 Å². The number of nitrogen functional groups attached to an aromatic ring is 1. The molecule has 4 heteroatoms. The molecular formula is C13H20BrN3. The van der Waals surface area contributed by atoms with Crippen molar-refractivity contribution in [3.05, 3.63) is 16.7 Å². The Morgan fingerprint density at radius 1 is 1.41 bits per heavy atom. The van der Waals surface area contributed by atoms with Crippen LogP contribution in [0.15, 0.2) is 16.7 Å². The molecule has 0 aliphatic heterocycles. The molecule has 0 amide bonds. The van der Waals surface area contributed by atoms with Gasteiger partial charge in [-0.15, -0.1) is 0 Å². The van der Waals surface area contributed by atoms with Crippen LogP contribution < -0.4 is 11.1 Å². The normalized spacial score (nSPS) is 20.2. The lowest BCUT2D eigenvalue weighted by Gasteiger charge is -2.34. The van der Waals surface area contributed by atoms with E-state index < -0.39 is 0 Å². The number of halogens is 1. The maximum atomic E-state index is 5.68. The van der Waals surface area contributed by atoms with Crippen LogP contribution in [0.2, 0.25) is 0 Å². The van der Waals surface area contributed by atoms with Crippen LogP contribution in [0.1, 0.15) is 39.5 Å². The molecule has 0 aromatic carbocycles. The molecule has 17 heavy (non-hydrogen) atoms. The average molecular weight is 298 g/mol. The molecule has 0 bridgehead atoms. The molecule has 2 rings (SSSR count). The minimum absolute atomic E-state index is 0.504. The Morgan fingerprint density at radius 2 is 2.06 bits per heavy atom. The van der Waals surface area contributed by atoms with Crippen molar-refractivity contribution in [3.63, 3.8) is 0 Å². The first-order valence-corrected chi connectivity index (χ1v) is 6.93. The molecule has 1 fully saturated rings. The van der Waals surface area contributed by atoms with Gasteiger partial charge in [0.15, 0.2) is 0 Å². The van der Waals surface area contributed by atoms with Crippen molar-refractivity contribution in [1.29, 1.82) is 0 Å². The summed E-state index contributed by atoms with van der Waals surface area (Å²) in [5.41, 5.74) is 6.87. The fraction of sp³-hybridized carbons (Fsp3) is 0.615. The molecule has 94 valence electrons. The van der Waals surface area contributed by atoms with Gasteiger partial charge in [-0.2, -0.15) is 0 Å². The minimum Gasteiger partial charge on any atom is -0.397 e. The number of pyridine rings is 1. The molecule has 1 aromatic heterocycles. The van der Waals surface area contributed by atoms with E-state index in [-0.39, 0.29) is 0 Å². The quantitative estimate of drug-likeness (QED) is 0.873. The lowest BCUT2D eigenvalue weighted by molar-refractivity contribution is 0.232. The number of hydrogen-bond acceptors (Lipinski definition) is 3. The fourth-order valence-electron chi connectivity index (χ4n) is 2.30. The van der Waals surface area contributed by atoms with E-state index in [1.54, 1.807) is 6.20 Å².